The third-order valence-electron chi connectivity index (χ3n) is 8.83. The number of fused-ring (bicyclic) bond motifs is 3. The van der Waals surface area contributed by atoms with Crippen LogP contribution in [0.25, 0.3) is 0 Å². The van der Waals surface area contributed by atoms with E-state index in [1.54, 1.807) is 14.7 Å². The zero-order valence-electron chi connectivity index (χ0n) is 22.8. The fraction of sp³-hybridized carbons (Fsp3) is 0.808. The lowest BCUT2D eigenvalue weighted by atomic mass is 9.99. The number of hydrogen-bond donors (Lipinski definition) is 2. The fourth-order valence-electron chi connectivity index (χ4n) is 7.05. The lowest BCUT2D eigenvalue weighted by molar-refractivity contribution is -0.00228. The fourth-order valence-corrected chi connectivity index (χ4v) is 9.21. The average Bonchev–Trinajstić information content (AvgIpc) is 3.54. The van der Waals surface area contributed by atoms with Gasteiger partial charge in [0, 0.05) is 43.3 Å². The first-order chi connectivity index (χ1) is 18.5. The molecule has 5 heterocycles. The van der Waals surface area contributed by atoms with E-state index >= 15 is 0 Å². The molecule has 5 aliphatic rings. The normalized spacial score (nSPS) is 33.5. The molecule has 13 heteroatoms. The van der Waals surface area contributed by atoms with Crippen LogP contribution in [0.5, 0.6) is 0 Å². The van der Waals surface area contributed by atoms with Gasteiger partial charge in [-0.2, -0.15) is 17.0 Å². The van der Waals surface area contributed by atoms with Crippen molar-refractivity contribution in [2.75, 3.05) is 26.3 Å². The van der Waals surface area contributed by atoms with E-state index in [1.807, 2.05) is 20.8 Å². The first-order valence-electron chi connectivity index (χ1n) is 14.1. The Morgan fingerprint density at radius 3 is 2.18 bits per heavy atom. The zero-order chi connectivity index (χ0) is 27.5. The van der Waals surface area contributed by atoms with Crippen LogP contribution in [0.1, 0.15) is 81.5 Å². The Balaban J connectivity index is 1.02. The second-order valence-corrected chi connectivity index (χ2v) is 14.7. The zero-order valence-corrected chi connectivity index (χ0v) is 23.6. The SMILES string of the molecule is CC(C)(C)OC(=O)NC1C[C@@H]2CN(S(=O)(=O)N3[C@@H]4CC[C@H]3CC(NC(=O)c3cc(C5COC5)on3)C4)C[C@@H]2C1. The Morgan fingerprint density at radius 2 is 1.62 bits per heavy atom. The number of nitrogens with one attached hydrogen (secondary N) is 2. The highest BCUT2D eigenvalue weighted by Crippen LogP contribution is 2.43. The van der Waals surface area contributed by atoms with E-state index in [-0.39, 0.29) is 53.5 Å². The second-order valence-electron chi connectivity index (χ2n) is 12.9. The largest absolute Gasteiger partial charge is 0.444 e. The van der Waals surface area contributed by atoms with Crippen LogP contribution in [-0.2, 0) is 19.7 Å². The van der Waals surface area contributed by atoms with Crippen molar-refractivity contribution in [3.05, 3.63) is 17.5 Å². The van der Waals surface area contributed by atoms with Crippen LogP contribution in [0.15, 0.2) is 10.6 Å². The molecule has 0 aromatic carbocycles. The second kappa shape index (κ2) is 10.0. The van der Waals surface area contributed by atoms with E-state index < -0.39 is 21.9 Å². The highest BCUT2D eigenvalue weighted by Gasteiger charge is 2.52. The summed E-state index contributed by atoms with van der Waals surface area (Å²) in [6.45, 7) is 7.62. The van der Waals surface area contributed by atoms with Crippen LogP contribution in [0, 0.1) is 11.8 Å². The Labute approximate surface area is 229 Å². The van der Waals surface area contributed by atoms with Gasteiger partial charge in [-0.1, -0.05) is 5.16 Å². The Hall–Kier alpha value is -2.22. The van der Waals surface area contributed by atoms with Crippen molar-refractivity contribution in [2.24, 2.45) is 11.8 Å². The van der Waals surface area contributed by atoms with Crippen LogP contribution in [0.4, 0.5) is 4.79 Å². The number of alkyl carbamates (subject to hydrolysis) is 1. The summed E-state index contributed by atoms with van der Waals surface area (Å²) in [7, 11) is -3.61. The summed E-state index contributed by atoms with van der Waals surface area (Å²) in [5.41, 5.74) is -0.299. The van der Waals surface area contributed by atoms with Crippen molar-refractivity contribution in [2.45, 2.75) is 95.0 Å². The van der Waals surface area contributed by atoms with Crippen LogP contribution >= 0.6 is 0 Å². The molecule has 2 bridgehead atoms. The molecule has 0 radical (unpaired) electrons. The molecule has 4 aliphatic heterocycles. The van der Waals surface area contributed by atoms with Gasteiger partial charge < -0.3 is 24.6 Å². The van der Waals surface area contributed by atoms with Gasteiger partial charge in [0.15, 0.2) is 5.69 Å². The molecule has 2 unspecified atom stereocenters. The monoisotopic (exact) mass is 565 g/mol. The quantitative estimate of drug-likeness (QED) is 0.533. The summed E-state index contributed by atoms with van der Waals surface area (Å²) in [6.07, 6.45) is 3.88. The van der Waals surface area contributed by atoms with Crippen molar-refractivity contribution in [3.63, 3.8) is 0 Å². The van der Waals surface area contributed by atoms with Crippen molar-refractivity contribution >= 4 is 22.2 Å². The van der Waals surface area contributed by atoms with Gasteiger partial charge in [-0.05, 0) is 71.1 Å². The predicted molar refractivity (Wildman–Crippen MR) is 139 cm³/mol. The molecule has 2 N–H and O–H groups in total. The molecule has 5 fully saturated rings. The summed E-state index contributed by atoms with van der Waals surface area (Å²) in [5, 5.41) is 9.94. The van der Waals surface area contributed by atoms with E-state index in [1.165, 1.54) is 0 Å². The van der Waals surface area contributed by atoms with E-state index in [0.29, 0.717) is 44.9 Å². The van der Waals surface area contributed by atoms with Gasteiger partial charge in [0.2, 0.25) is 0 Å². The average molecular weight is 566 g/mol. The van der Waals surface area contributed by atoms with Crippen LogP contribution in [0.2, 0.25) is 0 Å². The number of hydrogen-bond acceptors (Lipinski definition) is 8. The van der Waals surface area contributed by atoms with E-state index in [4.69, 9.17) is 14.0 Å². The maximum atomic E-state index is 13.8. The first-order valence-corrected chi connectivity index (χ1v) is 15.5. The van der Waals surface area contributed by atoms with Crippen LogP contribution in [0.3, 0.4) is 0 Å². The van der Waals surface area contributed by atoms with Gasteiger partial charge in [-0.15, -0.1) is 0 Å². The number of carbonyl (C=O) groups is 2. The van der Waals surface area contributed by atoms with Gasteiger partial charge >= 0.3 is 6.09 Å². The topological polar surface area (TPSA) is 143 Å². The molecule has 39 heavy (non-hydrogen) atoms. The third-order valence-corrected chi connectivity index (χ3v) is 10.9. The minimum absolute atomic E-state index is 0.0121. The van der Waals surface area contributed by atoms with Gasteiger partial charge in [-0.3, -0.25) is 4.79 Å². The first kappa shape index (κ1) is 27.0. The molecule has 6 rings (SSSR count). The summed E-state index contributed by atoms with van der Waals surface area (Å²) in [5.74, 6) is 0.990. The number of nitrogens with zero attached hydrogens (tertiary/aromatic N) is 3. The van der Waals surface area contributed by atoms with Gasteiger partial charge in [0.05, 0.1) is 19.1 Å². The number of piperidine rings is 1. The summed E-state index contributed by atoms with van der Waals surface area (Å²) >= 11 is 0. The lowest BCUT2D eigenvalue weighted by Gasteiger charge is -2.40. The molecule has 4 saturated heterocycles. The predicted octanol–water partition coefficient (Wildman–Crippen LogP) is 1.99. The Bertz CT molecular complexity index is 1180. The standard InChI is InChI=1S/C26H39N5O7S/c1-26(2,3)37-25(33)28-18-6-15-11-30(12-16(15)7-18)39(34,35)31-20-4-5-21(31)9-19(8-20)27-24(32)22-10-23(38-29-22)17-13-36-14-17/h10,15-21H,4-9,11-14H2,1-3H3,(H,27,32)(H,28,33)/t15-,16+,18?,19?,20-,21+. The van der Waals surface area contributed by atoms with Crippen molar-refractivity contribution in [1.82, 2.24) is 24.4 Å². The molecule has 2 amide bonds. The highest BCUT2D eigenvalue weighted by molar-refractivity contribution is 7.86. The lowest BCUT2D eigenvalue weighted by Crippen LogP contribution is -2.55. The molecule has 6 atom stereocenters. The van der Waals surface area contributed by atoms with Crippen molar-refractivity contribution in [3.8, 4) is 0 Å². The molecule has 216 valence electrons. The maximum Gasteiger partial charge on any atom is 0.407 e. The molecule has 12 nitrogen and oxygen atoms in total. The van der Waals surface area contributed by atoms with Crippen molar-refractivity contribution < 1.29 is 32.0 Å². The summed E-state index contributed by atoms with van der Waals surface area (Å²) in [6, 6.07) is 1.33. The van der Waals surface area contributed by atoms with Gasteiger partial charge in [0.1, 0.15) is 11.4 Å². The summed E-state index contributed by atoms with van der Waals surface area (Å²) in [4.78, 5) is 25.0. The Kier molecular flexibility index (Phi) is 6.92. The highest BCUT2D eigenvalue weighted by atomic mass is 32.2. The molecule has 1 aromatic heterocycles. The number of aromatic nitrogens is 1. The molecular weight excluding hydrogens is 526 g/mol. The van der Waals surface area contributed by atoms with Gasteiger partial charge in [-0.25, -0.2) is 4.79 Å². The molecule has 1 aliphatic carbocycles. The van der Waals surface area contributed by atoms with Crippen molar-refractivity contribution in [1.29, 1.82) is 0 Å². The van der Waals surface area contributed by atoms with E-state index in [0.717, 1.165) is 25.7 Å². The molecular formula is C26H39N5O7S. The minimum atomic E-state index is -3.61. The van der Waals surface area contributed by atoms with Gasteiger partial charge in [0.25, 0.3) is 16.1 Å². The molecule has 1 saturated carbocycles. The Morgan fingerprint density at radius 1 is 1.00 bits per heavy atom. The van der Waals surface area contributed by atoms with Crippen LogP contribution < -0.4 is 10.6 Å². The summed E-state index contributed by atoms with van der Waals surface area (Å²) < 4.78 is 46.8. The van der Waals surface area contributed by atoms with E-state index in [9.17, 15) is 18.0 Å². The third kappa shape index (κ3) is 5.42. The molecule has 1 aromatic rings. The number of amides is 2. The van der Waals surface area contributed by atoms with E-state index in [2.05, 4.69) is 15.8 Å². The number of ether oxygens (including phenoxy) is 2. The number of carbonyl (C=O) groups excluding carboxylic acids is 2. The number of rotatable bonds is 6. The smallest absolute Gasteiger partial charge is 0.407 e. The van der Waals surface area contributed by atoms with Crippen LogP contribution in [-0.4, -0.2) is 90.3 Å². The maximum absolute atomic E-state index is 13.8. The molecule has 0 spiro atoms. The minimum Gasteiger partial charge on any atom is -0.444 e.